The van der Waals surface area contributed by atoms with Crippen LogP contribution < -0.4 is 0 Å². The Balaban J connectivity index is 0. The quantitative estimate of drug-likeness (QED) is 0.363. The molecule has 0 aliphatic rings. The second kappa shape index (κ2) is 2060. The summed E-state index contributed by atoms with van der Waals surface area (Å²) >= 11 is 0. The molecule has 7 heavy (non-hydrogen) atoms. The average molecular weight is 157 g/mol. The molecule has 0 heterocycles. The molecule has 0 spiro atoms. The minimum absolute atomic E-state index is 0. The van der Waals surface area contributed by atoms with Crippen molar-refractivity contribution in [1.29, 1.82) is 0 Å². The maximum absolute atomic E-state index is 0. The van der Waals surface area contributed by atoms with Gasteiger partial charge < -0.3 is 32.9 Å². The summed E-state index contributed by atoms with van der Waals surface area (Å²) in [6.45, 7) is 0. The van der Waals surface area contributed by atoms with Gasteiger partial charge in [0.2, 0.25) is 0 Å². The zero-order chi connectivity index (χ0) is 0. The molecule has 0 aromatic carbocycles. The van der Waals surface area contributed by atoms with Crippen molar-refractivity contribution < 1.29 is 50.2 Å². The third kappa shape index (κ3) is 1360. The molecule has 0 aliphatic carbocycles. The van der Waals surface area contributed by atoms with Gasteiger partial charge in [-0.3, -0.25) is 0 Å². The zero-order valence-corrected chi connectivity index (χ0v) is 4.52. The summed E-state index contributed by atoms with van der Waals surface area (Å²) in [5, 5.41) is 0. The number of hydrogen-bond acceptors (Lipinski definition) is 3. The minimum Gasteiger partial charge on any atom is -0.870 e. The third-order valence-corrected chi connectivity index (χ3v) is 0. The standard InChI is InChI=1S/Cr.6H2O/h;6*1H2/q+3;;;;;;/p-3. The fourth-order valence-electron chi connectivity index (χ4n) is 0. The Morgan fingerprint density at radius 3 is 0.429 bits per heavy atom. The Kier molecular flexibility index (Phi) is 994000. The van der Waals surface area contributed by atoms with E-state index in [0.29, 0.717) is 0 Å². The first kappa shape index (κ1) is 3380. The van der Waals surface area contributed by atoms with E-state index in [-0.39, 0.29) is 50.2 Å². The Hall–Kier alpha value is 0.292. The molecule has 0 saturated carbocycles. The zero-order valence-electron chi connectivity index (χ0n) is 3.25. The molecular weight excluding hydrogens is 148 g/mol. The molecule has 0 amide bonds. The van der Waals surface area contributed by atoms with E-state index in [1.54, 1.807) is 0 Å². The van der Waals surface area contributed by atoms with Crippen molar-refractivity contribution in [2.75, 3.05) is 0 Å². The van der Waals surface area contributed by atoms with Gasteiger partial charge in [0.25, 0.3) is 0 Å². The van der Waals surface area contributed by atoms with Gasteiger partial charge >= 0.3 is 17.4 Å². The van der Waals surface area contributed by atoms with Crippen molar-refractivity contribution in [3.63, 3.8) is 0 Å². The van der Waals surface area contributed by atoms with Crippen molar-refractivity contribution in [1.82, 2.24) is 0 Å². The molecule has 0 rings (SSSR count). The topological polar surface area (TPSA) is 184 Å². The number of rotatable bonds is 0. The second-order valence-electron chi connectivity index (χ2n) is 0. The summed E-state index contributed by atoms with van der Waals surface area (Å²) in [5.41, 5.74) is 0. The Morgan fingerprint density at radius 1 is 0.429 bits per heavy atom. The summed E-state index contributed by atoms with van der Waals surface area (Å²) in [4.78, 5) is 0. The summed E-state index contributed by atoms with van der Waals surface area (Å²) in [6, 6.07) is 0. The maximum atomic E-state index is 0. The van der Waals surface area contributed by atoms with Crippen molar-refractivity contribution in [2.45, 2.75) is 0 Å². The Labute approximate surface area is 51.1 Å². The predicted octanol–water partition coefficient (Wildman–Crippen LogP) is -3.01. The van der Waals surface area contributed by atoms with Crippen molar-refractivity contribution >= 4 is 0 Å². The summed E-state index contributed by atoms with van der Waals surface area (Å²) in [7, 11) is 0. The molecule has 0 saturated heterocycles. The first-order chi connectivity index (χ1) is 0. The van der Waals surface area contributed by atoms with E-state index in [2.05, 4.69) is 0 Å². The van der Waals surface area contributed by atoms with Gasteiger partial charge in [-0.05, 0) is 0 Å². The summed E-state index contributed by atoms with van der Waals surface area (Å²) < 4.78 is 0. The van der Waals surface area contributed by atoms with Crippen LogP contribution in [0.25, 0.3) is 0 Å². The van der Waals surface area contributed by atoms with E-state index < -0.39 is 0 Å². The molecule has 1 radical (unpaired) electrons. The Morgan fingerprint density at radius 2 is 0.429 bits per heavy atom. The van der Waals surface area contributed by atoms with Crippen LogP contribution in [-0.2, 0) is 17.4 Å². The predicted molar refractivity (Wildman–Crippen MR) is 16.6 cm³/mol. The van der Waals surface area contributed by atoms with Crippen molar-refractivity contribution in [2.24, 2.45) is 0 Å². The van der Waals surface area contributed by atoms with Crippen LogP contribution >= 0.6 is 0 Å². The maximum Gasteiger partial charge on any atom is 3.00 e. The first-order valence-corrected chi connectivity index (χ1v) is 0. The van der Waals surface area contributed by atoms with Crippen LogP contribution in [0.4, 0.5) is 0 Å². The van der Waals surface area contributed by atoms with E-state index >= 15 is 0 Å². The molecule has 9 N–H and O–H groups in total. The minimum atomic E-state index is 0. The van der Waals surface area contributed by atoms with Crippen LogP contribution in [-0.4, -0.2) is 32.9 Å². The largest absolute Gasteiger partial charge is 3.00 e. The van der Waals surface area contributed by atoms with Crippen LogP contribution in [0.1, 0.15) is 0 Å². The van der Waals surface area contributed by atoms with Crippen LogP contribution in [0.2, 0.25) is 0 Å². The van der Waals surface area contributed by atoms with Crippen molar-refractivity contribution in [3.8, 4) is 0 Å². The van der Waals surface area contributed by atoms with E-state index in [1.807, 2.05) is 0 Å². The van der Waals surface area contributed by atoms with Gasteiger partial charge in [-0.25, -0.2) is 0 Å². The molecule has 6 nitrogen and oxygen atoms in total. The first-order valence-electron chi connectivity index (χ1n) is 0. The molecular formula is H9CrO6. The third-order valence-electron chi connectivity index (χ3n) is 0. The molecule has 0 aliphatic heterocycles. The average Bonchev–Trinajstić information content (AvgIpc) is 0. The fraction of sp³-hybridized carbons (Fsp3) is 0. The van der Waals surface area contributed by atoms with Crippen LogP contribution in [0.15, 0.2) is 0 Å². The van der Waals surface area contributed by atoms with Crippen LogP contribution in [0, 0.1) is 0 Å². The van der Waals surface area contributed by atoms with Gasteiger partial charge in [0.15, 0.2) is 0 Å². The molecule has 0 aromatic heterocycles. The van der Waals surface area contributed by atoms with Gasteiger partial charge in [0.05, 0.1) is 0 Å². The van der Waals surface area contributed by atoms with Crippen LogP contribution in [0.3, 0.4) is 0 Å². The Bertz CT molecular complexity index is 4.14. The second-order valence-corrected chi connectivity index (χ2v) is 0. The summed E-state index contributed by atoms with van der Waals surface area (Å²) in [6.07, 6.45) is 0. The molecule has 0 bridgehead atoms. The smallest absolute Gasteiger partial charge is 0.870 e. The van der Waals surface area contributed by atoms with Crippen molar-refractivity contribution in [3.05, 3.63) is 0 Å². The normalized spacial score (nSPS) is 0. The molecule has 0 aromatic rings. The SMILES string of the molecule is O.O.O.[Cr+3].[OH-].[OH-].[OH-]. The van der Waals surface area contributed by atoms with Gasteiger partial charge in [-0.1, -0.05) is 0 Å². The van der Waals surface area contributed by atoms with E-state index in [1.165, 1.54) is 0 Å². The fourth-order valence-corrected chi connectivity index (χ4v) is 0. The van der Waals surface area contributed by atoms with E-state index in [0.717, 1.165) is 0 Å². The van der Waals surface area contributed by atoms with Gasteiger partial charge in [0, 0.05) is 0 Å². The van der Waals surface area contributed by atoms with Gasteiger partial charge in [-0.2, -0.15) is 0 Å². The monoisotopic (exact) mass is 157 g/mol. The van der Waals surface area contributed by atoms with Gasteiger partial charge in [0.1, 0.15) is 0 Å². The summed E-state index contributed by atoms with van der Waals surface area (Å²) in [5.74, 6) is 0. The molecule has 51 valence electrons. The molecule has 7 heteroatoms. The van der Waals surface area contributed by atoms with E-state index in [9.17, 15) is 0 Å². The van der Waals surface area contributed by atoms with Crippen LogP contribution in [0.5, 0.6) is 0 Å². The van der Waals surface area contributed by atoms with E-state index in [4.69, 9.17) is 0 Å². The molecule has 0 fully saturated rings. The van der Waals surface area contributed by atoms with Gasteiger partial charge in [-0.15, -0.1) is 0 Å². The molecule has 0 atom stereocenters. The molecule has 0 unspecified atom stereocenters. The number of hydrogen-bond donors (Lipinski definition) is 0.